The molecule has 0 aliphatic carbocycles. The number of benzene rings is 1. The van der Waals surface area contributed by atoms with Crippen molar-refractivity contribution in [3.63, 3.8) is 0 Å². The van der Waals surface area contributed by atoms with Crippen molar-refractivity contribution < 1.29 is 13.2 Å². The minimum atomic E-state index is -3.10. The first kappa shape index (κ1) is 15.0. The molecule has 1 aliphatic rings. The number of hydrogen-bond acceptors (Lipinski definition) is 3. The first-order valence-electron chi connectivity index (χ1n) is 6.86. The molecule has 1 aromatic rings. The minimum absolute atomic E-state index is 0.0472. The summed E-state index contributed by atoms with van der Waals surface area (Å²) < 4.78 is 25.0. The molecule has 1 heterocycles. The van der Waals surface area contributed by atoms with Gasteiger partial charge in [0.25, 0.3) is 5.91 Å². The van der Waals surface area contributed by atoms with Gasteiger partial charge in [0.05, 0.1) is 5.75 Å². The van der Waals surface area contributed by atoms with E-state index in [1.807, 2.05) is 18.2 Å². The average Bonchev–Trinajstić information content (AvgIpc) is 2.48. The van der Waals surface area contributed by atoms with E-state index in [9.17, 15) is 13.2 Å². The molecule has 1 N–H and O–H groups in total. The summed E-state index contributed by atoms with van der Waals surface area (Å²) in [6.07, 6.45) is 1.33. The number of hydrogen-bond donors (Lipinski definition) is 1. The molecule has 0 unspecified atom stereocenters. The van der Waals surface area contributed by atoms with Crippen molar-refractivity contribution in [1.82, 2.24) is 9.62 Å². The molecule has 0 atom stereocenters. The zero-order valence-electron chi connectivity index (χ0n) is 11.6. The first-order chi connectivity index (χ1) is 9.53. The Morgan fingerprint density at radius 2 is 1.85 bits per heavy atom. The summed E-state index contributed by atoms with van der Waals surface area (Å²) >= 11 is 0. The van der Waals surface area contributed by atoms with Crippen LogP contribution in [-0.4, -0.2) is 43.5 Å². The van der Waals surface area contributed by atoms with E-state index in [2.05, 4.69) is 5.32 Å². The van der Waals surface area contributed by atoms with E-state index in [-0.39, 0.29) is 17.7 Å². The van der Waals surface area contributed by atoms with E-state index in [1.54, 1.807) is 19.1 Å². The Morgan fingerprint density at radius 3 is 2.40 bits per heavy atom. The maximum absolute atomic E-state index is 12.0. The van der Waals surface area contributed by atoms with Crippen molar-refractivity contribution in [2.45, 2.75) is 25.8 Å². The number of carbonyl (C=O) groups excluding carboxylic acids is 1. The lowest BCUT2D eigenvalue weighted by Crippen LogP contribution is -2.46. The van der Waals surface area contributed by atoms with Gasteiger partial charge in [-0.25, -0.2) is 12.7 Å². The lowest BCUT2D eigenvalue weighted by atomic mass is 10.1. The van der Waals surface area contributed by atoms with Crippen LogP contribution in [0.5, 0.6) is 0 Å². The van der Waals surface area contributed by atoms with Gasteiger partial charge < -0.3 is 5.32 Å². The molecule has 1 fully saturated rings. The van der Waals surface area contributed by atoms with Crippen LogP contribution >= 0.6 is 0 Å². The number of amides is 1. The van der Waals surface area contributed by atoms with Crippen LogP contribution < -0.4 is 5.32 Å². The number of nitrogens with one attached hydrogen (secondary N) is 1. The lowest BCUT2D eigenvalue weighted by molar-refractivity contribution is 0.0924. The van der Waals surface area contributed by atoms with Crippen LogP contribution in [0.4, 0.5) is 0 Å². The number of sulfonamides is 1. The Bertz CT molecular complexity index is 549. The molecular formula is C14H20N2O3S. The average molecular weight is 296 g/mol. The van der Waals surface area contributed by atoms with E-state index < -0.39 is 10.0 Å². The quantitative estimate of drug-likeness (QED) is 0.909. The maximum Gasteiger partial charge on any atom is 0.251 e. The first-order valence-corrected chi connectivity index (χ1v) is 8.47. The fraction of sp³-hybridized carbons (Fsp3) is 0.500. The van der Waals surface area contributed by atoms with Gasteiger partial charge >= 0.3 is 0 Å². The largest absolute Gasteiger partial charge is 0.349 e. The van der Waals surface area contributed by atoms with E-state index in [4.69, 9.17) is 0 Å². The van der Waals surface area contributed by atoms with Crippen LogP contribution in [0, 0.1) is 0 Å². The number of rotatable bonds is 4. The lowest BCUT2D eigenvalue weighted by Gasteiger charge is -2.31. The fourth-order valence-corrected chi connectivity index (χ4v) is 3.45. The minimum Gasteiger partial charge on any atom is -0.349 e. The summed E-state index contributed by atoms with van der Waals surface area (Å²) in [6.45, 7) is 2.62. The molecule has 6 heteroatoms. The molecule has 0 aromatic heterocycles. The molecule has 0 saturated carbocycles. The van der Waals surface area contributed by atoms with Crippen molar-refractivity contribution in [1.29, 1.82) is 0 Å². The second kappa shape index (κ2) is 6.37. The topological polar surface area (TPSA) is 66.5 Å². The van der Waals surface area contributed by atoms with Gasteiger partial charge in [0, 0.05) is 24.7 Å². The van der Waals surface area contributed by atoms with Gasteiger partial charge in [-0.05, 0) is 31.9 Å². The molecular weight excluding hydrogens is 276 g/mol. The van der Waals surface area contributed by atoms with Gasteiger partial charge in [-0.15, -0.1) is 0 Å². The molecule has 20 heavy (non-hydrogen) atoms. The SMILES string of the molecule is CCS(=O)(=O)N1CCC(NC(=O)c2ccccc2)CC1. The number of nitrogens with zero attached hydrogens (tertiary/aromatic N) is 1. The highest BCUT2D eigenvalue weighted by Crippen LogP contribution is 2.15. The molecule has 1 amide bonds. The summed E-state index contributed by atoms with van der Waals surface area (Å²) in [7, 11) is -3.10. The summed E-state index contributed by atoms with van der Waals surface area (Å²) in [5.74, 6) is 0.0380. The predicted molar refractivity (Wildman–Crippen MR) is 78.0 cm³/mol. The normalized spacial score (nSPS) is 17.9. The fourth-order valence-electron chi connectivity index (χ4n) is 2.32. The molecule has 2 rings (SSSR count). The highest BCUT2D eigenvalue weighted by Gasteiger charge is 2.27. The summed E-state index contributed by atoms with van der Waals surface area (Å²) in [6, 6.07) is 9.10. The predicted octanol–water partition coefficient (Wildman–Crippen LogP) is 1.23. The Morgan fingerprint density at radius 1 is 1.25 bits per heavy atom. The van der Waals surface area contributed by atoms with E-state index in [0.717, 1.165) is 0 Å². The van der Waals surface area contributed by atoms with Gasteiger partial charge in [0.15, 0.2) is 0 Å². The highest BCUT2D eigenvalue weighted by atomic mass is 32.2. The summed E-state index contributed by atoms with van der Waals surface area (Å²) in [4.78, 5) is 12.0. The van der Waals surface area contributed by atoms with Gasteiger partial charge in [-0.2, -0.15) is 0 Å². The van der Waals surface area contributed by atoms with Gasteiger partial charge in [-0.3, -0.25) is 4.79 Å². The second-order valence-electron chi connectivity index (χ2n) is 4.91. The highest BCUT2D eigenvalue weighted by molar-refractivity contribution is 7.89. The van der Waals surface area contributed by atoms with Crippen LogP contribution in [0.15, 0.2) is 30.3 Å². The third-order valence-corrected chi connectivity index (χ3v) is 5.46. The molecule has 1 aliphatic heterocycles. The van der Waals surface area contributed by atoms with Crippen molar-refractivity contribution in [2.24, 2.45) is 0 Å². The Balaban J connectivity index is 1.88. The smallest absolute Gasteiger partial charge is 0.251 e. The molecule has 0 bridgehead atoms. The Hall–Kier alpha value is -1.40. The van der Waals surface area contributed by atoms with Crippen LogP contribution in [0.25, 0.3) is 0 Å². The van der Waals surface area contributed by atoms with Crippen LogP contribution in [0.2, 0.25) is 0 Å². The third kappa shape index (κ3) is 3.58. The molecule has 110 valence electrons. The monoisotopic (exact) mass is 296 g/mol. The molecule has 0 spiro atoms. The summed E-state index contributed by atoms with van der Waals surface area (Å²) in [5.41, 5.74) is 0.635. The van der Waals surface area contributed by atoms with Gasteiger partial charge in [-0.1, -0.05) is 18.2 Å². The van der Waals surface area contributed by atoms with Crippen LogP contribution in [-0.2, 0) is 10.0 Å². The van der Waals surface area contributed by atoms with Crippen molar-refractivity contribution in [3.05, 3.63) is 35.9 Å². The number of carbonyl (C=O) groups is 1. The molecule has 1 saturated heterocycles. The van der Waals surface area contributed by atoms with Crippen LogP contribution in [0.1, 0.15) is 30.1 Å². The third-order valence-electron chi connectivity index (χ3n) is 3.58. The van der Waals surface area contributed by atoms with Gasteiger partial charge in [0.2, 0.25) is 10.0 Å². The van der Waals surface area contributed by atoms with Crippen molar-refractivity contribution >= 4 is 15.9 Å². The van der Waals surface area contributed by atoms with Gasteiger partial charge in [0.1, 0.15) is 0 Å². The molecule has 5 nitrogen and oxygen atoms in total. The molecule has 1 aromatic carbocycles. The number of piperidine rings is 1. The maximum atomic E-state index is 12.0. The zero-order chi connectivity index (χ0) is 14.6. The van der Waals surface area contributed by atoms with Crippen molar-refractivity contribution in [2.75, 3.05) is 18.8 Å². The second-order valence-corrected chi connectivity index (χ2v) is 7.17. The van der Waals surface area contributed by atoms with E-state index >= 15 is 0 Å². The Labute approximate surface area is 120 Å². The zero-order valence-corrected chi connectivity index (χ0v) is 12.4. The van der Waals surface area contributed by atoms with Crippen molar-refractivity contribution in [3.8, 4) is 0 Å². The standard InChI is InChI=1S/C14H20N2O3S/c1-2-20(18,19)16-10-8-13(9-11-16)15-14(17)12-6-4-3-5-7-12/h3-7,13H,2,8-11H2,1H3,(H,15,17). The molecule has 0 radical (unpaired) electrons. The Kier molecular flexibility index (Phi) is 4.77. The van der Waals surface area contributed by atoms with Crippen LogP contribution in [0.3, 0.4) is 0 Å². The summed E-state index contributed by atoms with van der Waals surface area (Å²) in [5, 5.41) is 2.96. The van der Waals surface area contributed by atoms with E-state index in [1.165, 1.54) is 4.31 Å². The van der Waals surface area contributed by atoms with E-state index in [0.29, 0.717) is 31.5 Å².